The maximum absolute atomic E-state index is 13.0. The van der Waals surface area contributed by atoms with E-state index in [1.165, 1.54) is 27.0 Å². The summed E-state index contributed by atoms with van der Waals surface area (Å²) in [4.78, 5) is 26.5. The van der Waals surface area contributed by atoms with E-state index in [0.717, 1.165) is 25.8 Å². The van der Waals surface area contributed by atoms with Crippen LogP contribution in [0.1, 0.15) is 28.8 Å². The first-order chi connectivity index (χ1) is 12.6. The molecule has 0 radical (unpaired) electrons. The second-order valence-electron chi connectivity index (χ2n) is 7.00. The quantitative estimate of drug-likeness (QED) is 0.729. The van der Waals surface area contributed by atoms with Crippen LogP contribution in [-0.4, -0.2) is 28.0 Å². The van der Waals surface area contributed by atoms with Crippen molar-refractivity contribution in [2.45, 2.75) is 25.3 Å². The molecule has 1 unspecified atom stereocenters. The lowest BCUT2D eigenvalue weighted by Gasteiger charge is -2.25. The lowest BCUT2D eigenvalue weighted by atomic mass is 9.97. The molecule has 1 saturated heterocycles. The summed E-state index contributed by atoms with van der Waals surface area (Å²) in [6.07, 6.45) is 4.53. The summed E-state index contributed by atoms with van der Waals surface area (Å²) in [6, 6.07) is 18.1. The van der Waals surface area contributed by atoms with Gasteiger partial charge in [-0.05, 0) is 41.7 Å². The third-order valence-electron chi connectivity index (χ3n) is 5.31. The van der Waals surface area contributed by atoms with E-state index in [2.05, 4.69) is 42.5 Å². The van der Waals surface area contributed by atoms with E-state index in [0.29, 0.717) is 5.56 Å². The first-order valence-electron chi connectivity index (χ1n) is 9.08. The highest BCUT2D eigenvalue weighted by Gasteiger charge is 2.30. The molecule has 26 heavy (non-hydrogen) atoms. The van der Waals surface area contributed by atoms with Crippen molar-refractivity contribution in [2.75, 3.05) is 6.54 Å². The predicted molar refractivity (Wildman–Crippen MR) is 103 cm³/mol. The van der Waals surface area contributed by atoms with Crippen LogP contribution in [0.4, 0.5) is 0 Å². The number of hydrogen-bond donors (Lipinski definition) is 0. The highest BCUT2D eigenvalue weighted by atomic mass is 16.2. The van der Waals surface area contributed by atoms with Crippen molar-refractivity contribution in [2.24, 2.45) is 7.05 Å². The second-order valence-corrected chi connectivity index (χ2v) is 7.00. The molecule has 0 saturated carbocycles. The lowest BCUT2D eigenvalue weighted by Crippen LogP contribution is -2.37. The standard InChI is InChI=1S/C22H22N2O2/c1-23-15-18(11-12-21(23)25)22(26)24-13-5-9-19(24)14-17-8-4-7-16-6-2-3-10-20(16)17/h2-4,6-8,10-12,15,19H,5,9,13-14H2,1H3. The van der Waals surface area contributed by atoms with Gasteiger partial charge in [-0.25, -0.2) is 0 Å². The molecule has 4 nitrogen and oxygen atoms in total. The molecular formula is C22H22N2O2. The fourth-order valence-electron chi connectivity index (χ4n) is 3.93. The van der Waals surface area contributed by atoms with Gasteiger partial charge < -0.3 is 9.47 Å². The Kier molecular flexibility index (Phi) is 4.33. The van der Waals surface area contributed by atoms with E-state index in [4.69, 9.17) is 0 Å². The molecule has 1 amide bonds. The minimum Gasteiger partial charge on any atom is -0.335 e. The summed E-state index contributed by atoms with van der Waals surface area (Å²) >= 11 is 0. The highest BCUT2D eigenvalue weighted by Crippen LogP contribution is 2.26. The van der Waals surface area contributed by atoms with Gasteiger partial charge in [-0.2, -0.15) is 0 Å². The molecule has 132 valence electrons. The SMILES string of the molecule is Cn1cc(C(=O)N2CCCC2Cc2cccc3ccccc23)ccc1=O. The highest BCUT2D eigenvalue weighted by molar-refractivity contribution is 5.94. The van der Waals surface area contributed by atoms with Gasteiger partial charge in [0.2, 0.25) is 5.56 Å². The van der Waals surface area contributed by atoms with Crippen molar-refractivity contribution in [1.29, 1.82) is 0 Å². The van der Waals surface area contributed by atoms with Gasteiger partial charge in [0.1, 0.15) is 0 Å². The first-order valence-corrected chi connectivity index (χ1v) is 9.08. The molecule has 0 spiro atoms. The van der Waals surface area contributed by atoms with Gasteiger partial charge in [0.15, 0.2) is 0 Å². The number of aromatic nitrogens is 1. The van der Waals surface area contributed by atoms with Crippen LogP contribution < -0.4 is 5.56 Å². The third-order valence-corrected chi connectivity index (χ3v) is 5.31. The number of amides is 1. The van der Waals surface area contributed by atoms with Gasteiger partial charge in [-0.3, -0.25) is 9.59 Å². The van der Waals surface area contributed by atoms with Crippen LogP contribution in [0, 0.1) is 0 Å². The molecule has 0 bridgehead atoms. The average molecular weight is 346 g/mol. The van der Waals surface area contributed by atoms with Crippen molar-refractivity contribution < 1.29 is 4.79 Å². The Morgan fingerprint density at radius 3 is 2.73 bits per heavy atom. The fourth-order valence-corrected chi connectivity index (χ4v) is 3.93. The van der Waals surface area contributed by atoms with Crippen LogP contribution in [0.15, 0.2) is 65.6 Å². The maximum Gasteiger partial charge on any atom is 0.255 e. The number of pyridine rings is 1. The Morgan fingerprint density at radius 2 is 1.88 bits per heavy atom. The summed E-state index contributed by atoms with van der Waals surface area (Å²) in [6.45, 7) is 0.775. The summed E-state index contributed by atoms with van der Waals surface area (Å²) in [5.41, 5.74) is 1.76. The zero-order chi connectivity index (χ0) is 18.1. The van der Waals surface area contributed by atoms with E-state index in [1.54, 1.807) is 19.3 Å². The zero-order valence-corrected chi connectivity index (χ0v) is 14.9. The van der Waals surface area contributed by atoms with Crippen LogP contribution in [0.2, 0.25) is 0 Å². The van der Waals surface area contributed by atoms with Crippen molar-refractivity contribution in [3.63, 3.8) is 0 Å². The van der Waals surface area contributed by atoms with Gasteiger partial charge in [0, 0.05) is 31.9 Å². The number of carbonyl (C=O) groups is 1. The molecule has 2 heterocycles. The maximum atomic E-state index is 13.0. The molecule has 1 atom stereocenters. The molecule has 4 heteroatoms. The second kappa shape index (κ2) is 6.79. The Labute approximate surface area is 152 Å². The largest absolute Gasteiger partial charge is 0.335 e. The van der Waals surface area contributed by atoms with Crippen LogP contribution in [-0.2, 0) is 13.5 Å². The molecule has 1 aromatic heterocycles. The van der Waals surface area contributed by atoms with Crippen molar-refractivity contribution in [3.05, 3.63) is 82.3 Å². The van der Waals surface area contributed by atoms with Crippen molar-refractivity contribution >= 4 is 16.7 Å². The summed E-state index contributed by atoms with van der Waals surface area (Å²) in [5, 5.41) is 2.50. The minimum absolute atomic E-state index is 0.0170. The number of aryl methyl sites for hydroxylation is 1. The van der Waals surface area contributed by atoms with Crippen LogP contribution in [0.5, 0.6) is 0 Å². The van der Waals surface area contributed by atoms with Gasteiger partial charge >= 0.3 is 0 Å². The topological polar surface area (TPSA) is 42.3 Å². The number of rotatable bonds is 3. The Bertz CT molecular complexity index is 1020. The number of nitrogens with zero attached hydrogens (tertiary/aromatic N) is 2. The van der Waals surface area contributed by atoms with E-state index in [9.17, 15) is 9.59 Å². The average Bonchev–Trinajstić information content (AvgIpc) is 3.12. The first kappa shape index (κ1) is 16.6. The van der Waals surface area contributed by atoms with Gasteiger partial charge in [-0.1, -0.05) is 42.5 Å². The predicted octanol–water partition coefficient (Wildman–Crippen LogP) is 3.39. The lowest BCUT2D eigenvalue weighted by molar-refractivity contribution is 0.0735. The number of likely N-dealkylation sites (tertiary alicyclic amines) is 1. The van der Waals surface area contributed by atoms with Gasteiger partial charge in [0.05, 0.1) is 5.56 Å². The van der Waals surface area contributed by atoms with Crippen LogP contribution >= 0.6 is 0 Å². The van der Waals surface area contributed by atoms with Gasteiger partial charge in [0.25, 0.3) is 5.91 Å². The fraction of sp³-hybridized carbons (Fsp3) is 0.273. The smallest absolute Gasteiger partial charge is 0.255 e. The van der Waals surface area contributed by atoms with E-state index in [1.807, 2.05) is 4.90 Å². The molecule has 0 aliphatic carbocycles. The van der Waals surface area contributed by atoms with Crippen LogP contribution in [0.25, 0.3) is 10.8 Å². The Balaban J connectivity index is 1.61. The molecule has 3 aromatic rings. The summed E-state index contributed by atoms with van der Waals surface area (Å²) in [7, 11) is 1.68. The third kappa shape index (κ3) is 3.03. The monoisotopic (exact) mass is 346 g/mol. The number of fused-ring (bicyclic) bond motifs is 1. The number of hydrogen-bond acceptors (Lipinski definition) is 2. The molecule has 0 N–H and O–H groups in total. The number of carbonyl (C=O) groups excluding carboxylic acids is 1. The Hall–Kier alpha value is -2.88. The van der Waals surface area contributed by atoms with Gasteiger partial charge in [-0.15, -0.1) is 0 Å². The minimum atomic E-state index is -0.102. The Morgan fingerprint density at radius 1 is 1.08 bits per heavy atom. The molecule has 2 aromatic carbocycles. The zero-order valence-electron chi connectivity index (χ0n) is 14.9. The molecular weight excluding hydrogens is 324 g/mol. The van der Waals surface area contributed by atoms with E-state index < -0.39 is 0 Å². The van der Waals surface area contributed by atoms with E-state index in [-0.39, 0.29) is 17.5 Å². The number of benzene rings is 2. The molecule has 1 fully saturated rings. The van der Waals surface area contributed by atoms with E-state index >= 15 is 0 Å². The summed E-state index contributed by atoms with van der Waals surface area (Å²) in [5.74, 6) is 0.0170. The molecule has 4 rings (SSSR count). The van der Waals surface area contributed by atoms with Crippen molar-refractivity contribution in [1.82, 2.24) is 9.47 Å². The summed E-state index contributed by atoms with van der Waals surface area (Å²) < 4.78 is 1.46. The van der Waals surface area contributed by atoms with Crippen LogP contribution in [0.3, 0.4) is 0 Å². The normalized spacial score (nSPS) is 17.0. The van der Waals surface area contributed by atoms with Crippen molar-refractivity contribution in [3.8, 4) is 0 Å². The molecule has 1 aliphatic rings. The molecule has 1 aliphatic heterocycles.